The second kappa shape index (κ2) is 6.87. The zero-order valence-corrected chi connectivity index (χ0v) is 12.4. The number of carbonyl (C=O) groups excluding carboxylic acids is 1. The summed E-state index contributed by atoms with van der Waals surface area (Å²) in [6, 6.07) is 15.7. The summed E-state index contributed by atoms with van der Waals surface area (Å²) >= 11 is 0. The van der Waals surface area contributed by atoms with Crippen LogP contribution >= 0.6 is 0 Å². The fourth-order valence-corrected chi connectivity index (χ4v) is 2.35. The molecule has 3 rings (SSSR count). The predicted octanol–water partition coefficient (Wildman–Crippen LogP) is 3.25. The van der Waals surface area contributed by atoms with Crippen LogP contribution < -0.4 is 5.32 Å². The van der Waals surface area contributed by atoms with Crippen LogP contribution in [0.2, 0.25) is 0 Å². The number of benzene rings is 2. The summed E-state index contributed by atoms with van der Waals surface area (Å²) in [5.74, 6) is -0.610. The monoisotopic (exact) mass is 309 g/mol. The molecule has 1 N–H and O–H groups in total. The molecule has 5 heteroatoms. The Morgan fingerprint density at radius 3 is 2.78 bits per heavy atom. The molecule has 0 atom stereocenters. The number of carbonyl (C=O) groups is 1. The van der Waals surface area contributed by atoms with E-state index in [-0.39, 0.29) is 18.1 Å². The Morgan fingerprint density at radius 2 is 2.00 bits per heavy atom. The molecule has 0 bridgehead atoms. The van der Waals surface area contributed by atoms with Gasteiger partial charge in [-0.1, -0.05) is 30.3 Å². The van der Waals surface area contributed by atoms with Crippen molar-refractivity contribution >= 4 is 11.6 Å². The maximum atomic E-state index is 13.6. The van der Waals surface area contributed by atoms with E-state index in [9.17, 15) is 9.18 Å². The van der Waals surface area contributed by atoms with Crippen molar-refractivity contribution in [3.8, 4) is 0 Å². The lowest BCUT2D eigenvalue weighted by molar-refractivity contribution is -0.115. The molecule has 0 fully saturated rings. The molecule has 0 unspecified atom stereocenters. The van der Waals surface area contributed by atoms with Crippen molar-refractivity contribution in [2.24, 2.45) is 0 Å². The molecule has 1 heterocycles. The van der Waals surface area contributed by atoms with Gasteiger partial charge in [0.2, 0.25) is 5.91 Å². The van der Waals surface area contributed by atoms with Crippen molar-refractivity contribution in [1.82, 2.24) is 9.78 Å². The second-order valence-corrected chi connectivity index (χ2v) is 5.22. The van der Waals surface area contributed by atoms with Gasteiger partial charge in [0.25, 0.3) is 0 Å². The molecule has 0 aliphatic rings. The summed E-state index contributed by atoms with van der Waals surface area (Å²) in [5.41, 5.74) is 2.10. The fraction of sp³-hybridized carbons (Fsp3) is 0.111. The normalized spacial score (nSPS) is 10.5. The van der Waals surface area contributed by atoms with Gasteiger partial charge in [0, 0.05) is 18.1 Å². The van der Waals surface area contributed by atoms with Gasteiger partial charge in [-0.2, -0.15) is 5.10 Å². The van der Waals surface area contributed by atoms with Crippen LogP contribution in [0.4, 0.5) is 10.1 Å². The minimum atomic E-state index is -0.366. The molecule has 0 aliphatic carbocycles. The molecule has 0 saturated carbocycles. The van der Waals surface area contributed by atoms with E-state index in [1.54, 1.807) is 29.1 Å². The van der Waals surface area contributed by atoms with Gasteiger partial charge < -0.3 is 5.32 Å². The summed E-state index contributed by atoms with van der Waals surface area (Å²) in [6.45, 7) is 0.629. The maximum Gasteiger partial charge on any atom is 0.228 e. The van der Waals surface area contributed by atoms with E-state index in [4.69, 9.17) is 0 Å². The third-order valence-corrected chi connectivity index (χ3v) is 3.42. The van der Waals surface area contributed by atoms with Crippen molar-refractivity contribution < 1.29 is 9.18 Å². The van der Waals surface area contributed by atoms with Crippen molar-refractivity contribution in [3.05, 3.63) is 83.9 Å². The number of hydrogen-bond acceptors (Lipinski definition) is 2. The molecule has 0 radical (unpaired) electrons. The number of hydrogen-bond donors (Lipinski definition) is 1. The van der Waals surface area contributed by atoms with Gasteiger partial charge in [-0.05, 0) is 35.4 Å². The van der Waals surface area contributed by atoms with E-state index in [0.717, 1.165) is 5.56 Å². The van der Waals surface area contributed by atoms with Gasteiger partial charge in [0.15, 0.2) is 0 Å². The molecule has 2 aromatic carbocycles. The highest BCUT2D eigenvalue weighted by Crippen LogP contribution is 2.13. The van der Waals surface area contributed by atoms with Crippen molar-refractivity contribution in [2.75, 3.05) is 5.32 Å². The van der Waals surface area contributed by atoms with Crippen molar-refractivity contribution in [1.29, 1.82) is 0 Å². The number of aromatic nitrogens is 2. The zero-order chi connectivity index (χ0) is 16.1. The Bertz CT molecular complexity index is 800. The van der Waals surface area contributed by atoms with E-state index in [1.165, 1.54) is 6.07 Å². The van der Waals surface area contributed by atoms with Crippen LogP contribution in [-0.2, 0) is 17.8 Å². The SMILES string of the molecule is O=C(Cc1ccccc1F)Nc1cccc(Cn2cccn2)c1. The third-order valence-electron chi connectivity index (χ3n) is 3.42. The topological polar surface area (TPSA) is 46.9 Å². The molecule has 116 valence electrons. The molecule has 3 aromatic rings. The second-order valence-electron chi connectivity index (χ2n) is 5.22. The van der Waals surface area contributed by atoms with Gasteiger partial charge in [-0.3, -0.25) is 9.48 Å². The van der Waals surface area contributed by atoms with Crippen LogP contribution in [0.5, 0.6) is 0 Å². The number of rotatable bonds is 5. The highest BCUT2D eigenvalue weighted by Gasteiger charge is 2.08. The first-order valence-electron chi connectivity index (χ1n) is 7.30. The molecule has 0 spiro atoms. The van der Waals surface area contributed by atoms with E-state index >= 15 is 0 Å². The van der Waals surface area contributed by atoms with Crippen LogP contribution in [0.25, 0.3) is 0 Å². The number of halogens is 1. The largest absolute Gasteiger partial charge is 0.326 e. The van der Waals surface area contributed by atoms with Crippen molar-refractivity contribution in [3.63, 3.8) is 0 Å². The van der Waals surface area contributed by atoms with Crippen LogP contribution in [0.1, 0.15) is 11.1 Å². The van der Waals surface area contributed by atoms with E-state index in [2.05, 4.69) is 10.4 Å². The maximum absolute atomic E-state index is 13.6. The minimum absolute atomic E-state index is 0.00998. The Labute approximate surface area is 133 Å². The van der Waals surface area contributed by atoms with Crippen LogP contribution in [0.3, 0.4) is 0 Å². The number of anilines is 1. The standard InChI is InChI=1S/C18H16FN3O/c19-17-8-2-1-6-15(17)12-18(23)21-16-7-3-5-14(11-16)13-22-10-4-9-20-22/h1-11H,12-13H2,(H,21,23). The summed E-state index contributed by atoms with van der Waals surface area (Å²) < 4.78 is 15.4. The lowest BCUT2D eigenvalue weighted by Crippen LogP contribution is -2.15. The van der Waals surface area contributed by atoms with E-state index in [1.807, 2.05) is 36.5 Å². The smallest absolute Gasteiger partial charge is 0.228 e. The van der Waals surface area contributed by atoms with Gasteiger partial charge in [0.05, 0.1) is 13.0 Å². The van der Waals surface area contributed by atoms with Gasteiger partial charge in [-0.15, -0.1) is 0 Å². The van der Waals surface area contributed by atoms with Gasteiger partial charge >= 0.3 is 0 Å². The number of nitrogens with zero attached hydrogens (tertiary/aromatic N) is 2. The summed E-state index contributed by atoms with van der Waals surface area (Å²) in [5, 5.41) is 6.96. The molecule has 4 nitrogen and oxygen atoms in total. The van der Waals surface area contributed by atoms with Crippen LogP contribution in [-0.4, -0.2) is 15.7 Å². The number of nitrogens with one attached hydrogen (secondary N) is 1. The lowest BCUT2D eigenvalue weighted by atomic mass is 10.1. The molecule has 1 amide bonds. The molecular weight excluding hydrogens is 293 g/mol. The summed E-state index contributed by atoms with van der Waals surface area (Å²) in [4.78, 5) is 12.1. The molecule has 0 saturated heterocycles. The van der Waals surface area contributed by atoms with Crippen LogP contribution in [0, 0.1) is 5.82 Å². The predicted molar refractivity (Wildman–Crippen MR) is 86.5 cm³/mol. The van der Waals surface area contributed by atoms with Gasteiger partial charge in [-0.25, -0.2) is 4.39 Å². The van der Waals surface area contributed by atoms with Crippen LogP contribution in [0.15, 0.2) is 67.0 Å². The quantitative estimate of drug-likeness (QED) is 0.786. The summed E-state index contributed by atoms with van der Waals surface area (Å²) in [7, 11) is 0. The number of amides is 1. The fourth-order valence-electron chi connectivity index (χ4n) is 2.35. The first-order chi connectivity index (χ1) is 11.2. The van der Waals surface area contributed by atoms with E-state index < -0.39 is 0 Å². The molecule has 23 heavy (non-hydrogen) atoms. The van der Waals surface area contributed by atoms with Gasteiger partial charge in [0.1, 0.15) is 5.82 Å². The minimum Gasteiger partial charge on any atom is -0.326 e. The highest BCUT2D eigenvalue weighted by molar-refractivity contribution is 5.92. The Hall–Kier alpha value is -2.95. The average Bonchev–Trinajstić information content (AvgIpc) is 3.03. The lowest BCUT2D eigenvalue weighted by Gasteiger charge is -2.08. The zero-order valence-electron chi connectivity index (χ0n) is 12.4. The Kier molecular flexibility index (Phi) is 4.47. The average molecular weight is 309 g/mol. The van der Waals surface area contributed by atoms with E-state index in [0.29, 0.717) is 17.8 Å². The molecular formula is C18H16FN3O. The molecule has 0 aliphatic heterocycles. The highest BCUT2D eigenvalue weighted by atomic mass is 19.1. The third kappa shape index (κ3) is 4.03. The first-order valence-corrected chi connectivity index (χ1v) is 7.30. The Morgan fingerprint density at radius 1 is 1.13 bits per heavy atom. The Balaban J connectivity index is 1.65. The van der Waals surface area contributed by atoms with Crippen molar-refractivity contribution in [2.45, 2.75) is 13.0 Å². The summed E-state index contributed by atoms with van der Waals surface area (Å²) in [6.07, 6.45) is 3.61. The first kappa shape index (κ1) is 15.0. The molecule has 1 aromatic heterocycles.